The van der Waals surface area contributed by atoms with E-state index in [1.54, 1.807) is 33.1 Å². The monoisotopic (exact) mass is 1630 g/mol. The summed E-state index contributed by atoms with van der Waals surface area (Å²) in [7, 11) is 1.58. The predicted octanol–water partition coefficient (Wildman–Crippen LogP) is 8.36. The third kappa shape index (κ3) is 26.9. The van der Waals surface area contributed by atoms with Crippen LogP contribution in [-0.2, 0) is 129 Å². The van der Waals surface area contributed by atoms with Gasteiger partial charge in [0.05, 0.1) is 87.3 Å². The third-order valence-corrected chi connectivity index (χ3v) is 20.3. The van der Waals surface area contributed by atoms with Crippen molar-refractivity contribution < 1.29 is 129 Å². The Bertz CT molecular complexity index is 3740. The largest absolute Gasteiger partial charge is 0.465 e. The first-order valence-electron chi connectivity index (χ1n) is 38.2. The molecule has 8 aliphatic heterocycles. The van der Waals surface area contributed by atoms with Gasteiger partial charge in [0, 0.05) is 54.1 Å². The smallest absolute Gasteiger partial charge is 0.321 e. The first kappa shape index (κ1) is 92.8. The third-order valence-electron chi connectivity index (χ3n) is 20.1. The van der Waals surface area contributed by atoms with Crippen LogP contribution in [-0.4, -0.2) is 244 Å². The highest BCUT2D eigenvalue weighted by Crippen LogP contribution is 2.44. The molecule has 0 spiro atoms. The number of carbonyl (C=O) groups is 6. The molecular formula is C80H108ClN7O27. The summed E-state index contributed by atoms with van der Waals surface area (Å²) in [6.07, 6.45) is -8.45. The van der Waals surface area contributed by atoms with Gasteiger partial charge in [0.2, 0.25) is 0 Å². The molecule has 4 N–H and O–H groups in total. The molecule has 0 saturated carbocycles. The molecule has 4 bridgehead atoms. The van der Waals surface area contributed by atoms with Crippen molar-refractivity contribution in [3.63, 3.8) is 0 Å². The highest BCUT2D eigenvalue weighted by Gasteiger charge is 2.58. The highest BCUT2D eigenvalue weighted by molar-refractivity contribution is 6.26. The number of nitrogens with zero attached hydrogens (tertiary/aromatic N) is 6. The second-order valence-electron chi connectivity index (χ2n) is 29.7. The Morgan fingerprint density at radius 1 is 0.617 bits per heavy atom. The van der Waals surface area contributed by atoms with Gasteiger partial charge < -0.3 is 101 Å². The molecule has 4 aromatic rings. The van der Waals surface area contributed by atoms with Crippen molar-refractivity contribution in [2.24, 2.45) is 28.0 Å². The van der Waals surface area contributed by atoms with E-state index in [-0.39, 0.29) is 118 Å². The van der Waals surface area contributed by atoms with E-state index in [9.17, 15) is 44.1 Å². The van der Waals surface area contributed by atoms with E-state index in [0.29, 0.717) is 25.2 Å². The molecule has 4 aromatic carbocycles. The predicted molar refractivity (Wildman–Crippen MR) is 407 cm³/mol. The Kier molecular flexibility index (Phi) is 37.0. The van der Waals surface area contributed by atoms with Gasteiger partial charge in [-0.1, -0.05) is 159 Å². The van der Waals surface area contributed by atoms with Crippen LogP contribution in [0.1, 0.15) is 116 Å². The van der Waals surface area contributed by atoms with E-state index in [0.717, 1.165) is 36.0 Å². The summed E-state index contributed by atoms with van der Waals surface area (Å²) in [5.41, 5.74) is 20.8. The number of azide groups is 2. The van der Waals surface area contributed by atoms with Gasteiger partial charge in [0.1, 0.15) is 86.7 Å². The summed E-state index contributed by atoms with van der Waals surface area (Å²) >= 11 is 5.49. The van der Waals surface area contributed by atoms with Gasteiger partial charge in [-0.15, -0.1) is 11.6 Å². The first-order valence-corrected chi connectivity index (χ1v) is 38.7. The molecule has 0 radical (unpaired) electrons. The SMILES string of the molecule is CC(=O)CO[C@H]1C(C)[C@@H]2OC(C)(OC(C)(C)C)OC2O[C@H]1COC=O.CC(=O)OC1[C@@H](N=[N+]=[N-])C2OC[C@@H](O2)[C@H]1O.CCC1O[C@@H](OC)C(NCC(=O)c2ccccc2)[C@@H](C)[C@@H]1O.C[C@@H]1C(OCc2ccccc2)[C@H](O)OC(COC=O)[C@H]1OC(=O)CCl.[N-]=[N+]=N[C@@H]1C2CC[C@@H](O2)[C@@H](OCc2ccccc2)C1OCc1ccccc1. The number of esters is 2. The van der Waals surface area contributed by atoms with Crippen molar-refractivity contribution >= 4 is 48.1 Å². The number of hydrogen-bond donors (Lipinski definition) is 4. The van der Waals surface area contributed by atoms with Crippen LogP contribution in [0.15, 0.2) is 132 Å². The number of fused-ring (bicyclic) bond motifs is 5. The Morgan fingerprint density at radius 2 is 1.17 bits per heavy atom. The minimum absolute atomic E-state index is 0.000165. The fourth-order valence-corrected chi connectivity index (χ4v) is 14.7. The number of hydrogen-bond acceptors (Lipinski definition) is 30. The van der Waals surface area contributed by atoms with Crippen molar-refractivity contribution in [2.75, 3.05) is 46.0 Å². The molecule has 26 atom stereocenters. The van der Waals surface area contributed by atoms with E-state index in [1.807, 2.05) is 151 Å². The molecule has 8 heterocycles. The van der Waals surface area contributed by atoms with Gasteiger partial charge in [0.25, 0.3) is 18.9 Å². The number of nitrogens with one attached hydrogen (secondary N) is 1. The van der Waals surface area contributed by atoms with E-state index in [1.165, 1.54) is 13.8 Å². The number of benzene rings is 4. The van der Waals surface area contributed by atoms with Crippen molar-refractivity contribution in [2.45, 2.75) is 255 Å². The topological polar surface area (TPSA) is 439 Å². The summed E-state index contributed by atoms with van der Waals surface area (Å²) in [6, 6.07) is 37.2. The van der Waals surface area contributed by atoms with Crippen molar-refractivity contribution in [1.29, 1.82) is 0 Å². The Labute approximate surface area is 673 Å². The molecule has 115 heavy (non-hydrogen) atoms. The molecule has 0 aromatic heterocycles. The van der Waals surface area contributed by atoms with Crippen LogP contribution in [0.5, 0.6) is 0 Å². The number of Topliss-reactive ketones (excluding diaryl/α,β-unsaturated/α-hetero) is 2. The number of alkyl halides is 1. The van der Waals surface area contributed by atoms with E-state index >= 15 is 0 Å². The number of halogens is 1. The lowest BCUT2D eigenvalue weighted by molar-refractivity contribution is -0.371. The summed E-state index contributed by atoms with van der Waals surface area (Å²) in [6.45, 7) is 19.6. The minimum atomic E-state index is -1.26. The van der Waals surface area contributed by atoms with Crippen LogP contribution in [0.2, 0.25) is 0 Å². The normalized spacial score (nSPS) is 33.3. The lowest BCUT2D eigenvalue weighted by Crippen LogP contribution is -2.59. The highest BCUT2D eigenvalue weighted by atomic mass is 35.5. The fourth-order valence-electron chi connectivity index (χ4n) is 14.6. The molecule has 35 heteroatoms. The second-order valence-corrected chi connectivity index (χ2v) is 29.9. The van der Waals surface area contributed by atoms with Crippen LogP contribution in [0, 0.1) is 17.8 Å². The summed E-state index contributed by atoms with van der Waals surface area (Å²) in [5.74, 6) is -3.48. The quantitative estimate of drug-likeness (QED) is 0.00556. The number of ketones is 2. The Hall–Kier alpha value is -7.71. The van der Waals surface area contributed by atoms with E-state index < -0.39 is 122 Å². The van der Waals surface area contributed by atoms with Crippen LogP contribution in [0.4, 0.5) is 0 Å². The average Bonchev–Trinajstić information content (AvgIpc) is 1.62. The van der Waals surface area contributed by atoms with Gasteiger partial charge in [-0.05, 0) is 74.7 Å². The van der Waals surface area contributed by atoms with Crippen LogP contribution >= 0.6 is 11.6 Å². The lowest BCUT2D eigenvalue weighted by Gasteiger charge is -2.43. The van der Waals surface area contributed by atoms with Crippen molar-refractivity contribution in [3.8, 4) is 0 Å². The molecule has 8 saturated heterocycles. The zero-order valence-corrected chi connectivity index (χ0v) is 67.1. The molecule has 11 unspecified atom stereocenters. The fraction of sp³-hybridized carbons (Fsp3) is 0.625. The molecule has 8 aliphatic rings. The zero-order chi connectivity index (χ0) is 83.4. The molecule has 12 rings (SSSR count). The molecule has 0 aliphatic carbocycles. The maximum atomic E-state index is 12.2. The second kappa shape index (κ2) is 45.9. The number of ether oxygens (including phenoxy) is 18. The van der Waals surface area contributed by atoms with Crippen molar-refractivity contribution in [1.82, 2.24) is 5.32 Å². The Morgan fingerprint density at radius 3 is 1.70 bits per heavy atom. The molecular weight excluding hydrogens is 1530 g/mol. The number of carbonyl (C=O) groups excluding carboxylic acids is 6. The number of rotatable bonds is 30. The van der Waals surface area contributed by atoms with E-state index in [4.69, 9.17) is 108 Å². The first-order chi connectivity index (χ1) is 55.2. The molecule has 8 fully saturated rings. The Balaban J connectivity index is 0.000000181. The maximum absolute atomic E-state index is 12.2. The summed E-state index contributed by atoms with van der Waals surface area (Å²) in [5, 5.41) is 41.0. The van der Waals surface area contributed by atoms with Gasteiger partial charge >= 0.3 is 11.9 Å². The van der Waals surface area contributed by atoms with Crippen molar-refractivity contribution in [3.05, 3.63) is 164 Å². The lowest BCUT2D eigenvalue weighted by atomic mass is 9.87. The number of aliphatic hydroxyl groups excluding tert-OH is 3. The van der Waals surface area contributed by atoms with Gasteiger partial charge in [-0.2, -0.15) is 0 Å². The van der Waals surface area contributed by atoms with E-state index in [2.05, 4.69) is 25.4 Å². The minimum Gasteiger partial charge on any atom is -0.465 e. The van der Waals surface area contributed by atoms with Gasteiger partial charge in [-0.25, -0.2) is 0 Å². The standard InChI is InChI=1S/C21H23N3O3.C17H21ClO7.C17H25NO4.C17H28O8.C8H11N3O5/c22-24-23-19-17-11-12-18(27-17)20(25-13-15-7-3-1-4-8-15)21(19)26-14-16-9-5-2-6-10-16;1-11-15(25-14(20)7-18)13(9-22-10-19)24-17(21)16(11)23-8-12-5-3-2-4-6-12;1-4-14-16(20)11(2)15(17(21-3)22-14)18-10-13(19)12-8-6-5-7-9-12;1-10(19)7-21-13-11(2)14-15(22-12(13)8-20-9-18)24-17(6,23-14)25-16(3,4)5;1-3(12)15-7-5(10-11-9)8-14-2-4(16-8)6(7)13/h1-10,17-21H,11-14H2;2-6,10-11,13,15-17,21H,7-9H2,1H3;5-9,11,14-18,20H,4,10H2,1-3H3;9,11-15H,7-8H2,1-6H3;4-8,13H,2H2,1H3/t17?,18-,19-,20-,21?;11-,13?,15-,16?,17+;11-,14?,15?,16+,17-;11?,12-,13-,14-,15?,17?;4-,5-,6-,7?,8?/m10101/s1. The molecule has 34 nitrogen and oxygen atoms in total. The van der Waals surface area contributed by atoms with Crippen LogP contribution < -0.4 is 5.32 Å². The van der Waals surface area contributed by atoms with Crippen LogP contribution in [0.3, 0.4) is 0 Å². The summed E-state index contributed by atoms with van der Waals surface area (Å²) < 4.78 is 100. The number of aliphatic hydroxyl groups is 3. The molecule has 632 valence electrons. The van der Waals surface area contributed by atoms with Crippen LogP contribution in [0.25, 0.3) is 20.9 Å². The summed E-state index contributed by atoms with van der Waals surface area (Å²) in [4.78, 5) is 72.6. The average molecular weight is 1640 g/mol. The maximum Gasteiger partial charge on any atom is 0.321 e. The molecule has 0 amide bonds. The van der Waals surface area contributed by atoms with Gasteiger partial charge in [-0.3, -0.25) is 33.5 Å². The zero-order valence-electron chi connectivity index (χ0n) is 66.3. The van der Waals surface area contributed by atoms with Gasteiger partial charge in [0.15, 0.2) is 36.7 Å². The number of methoxy groups -OCH3 is 1.